The molecule has 0 radical (unpaired) electrons. The highest BCUT2D eigenvalue weighted by Gasteiger charge is 1.99. The Balaban J connectivity index is 0. The zero-order valence-corrected chi connectivity index (χ0v) is 8.70. The molecule has 0 amide bonds. The van der Waals surface area contributed by atoms with E-state index in [4.69, 9.17) is 10.2 Å². The van der Waals surface area contributed by atoms with Crippen LogP contribution in [0.4, 0.5) is 0 Å². The Labute approximate surface area is 74.1 Å². The molecule has 0 spiro atoms. The van der Waals surface area contributed by atoms with Gasteiger partial charge in [-0.2, -0.15) is 5.26 Å². The highest BCUT2D eigenvalue weighted by Crippen LogP contribution is 2.16. The highest BCUT2D eigenvalue weighted by atomic mass is 31.1. The van der Waals surface area contributed by atoms with Crippen molar-refractivity contribution >= 4 is 8.25 Å². The lowest BCUT2D eigenvalue weighted by atomic mass is 10.4. The molecular weight excluding hydrogens is 177 g/mol. The summed E-state index contributed by atoms with van der Waals surface area (Å²) in [5.74, 6) is 0. The van der Waals surface area contributed by atoms with E-state index in [9.17, 15) is 4.57 Å². The molecule has 0 heterocycles. The average Bonchev–Trinajstić information content (AvgIpc) is 2.04. The lowest BCUT2D eigenvalue weighted by Crippen LogP contribution is -1.96. The minimum atomic E-state index is -2.92. The Morgan fingerprint density at radius 3 is 2.08 bits per heavy atom. The second kappa shape index (κ2) is 10.6. The Morgan fingerprint density at radius 2 is 2.00 bits per heavy atom. The molecule has 0 saturated heterocycles. The van der Waals surface area contributed by atoms with Crippen LogP contribution in [-0.2, 0) is 9.09 Å². The van der Waals surface area contributed by atoms with E-state index >= 15 is 0 Å². The van der Waals surface area contributed by atoms with Gasteiger partial charge in [-0.25, -0.2) is 0 Å². The molecule has 0 aromatic heterocycles. The zero-order valence-electron chi connectivity index (χ0n) is 7.70. The number of nitrogens with zero attached hydrogens (tertiary/aromatic N) is 1. The number of nitriles is 1. The van der Waals surface area contributed by atoms with E-state index in [0.29, 0.717) is 0 Å². The second-order valence-electron chi connectivity index (χ2n) is 2.16. The number of rotatable bonds is 3. The van der Waals surface area contributed by atoms with Gasteiger partial charge in [0.15, 0.2) is 6.10 Å². The summed E-state index contributed by atoms with van der Waals surface area (Å²) in [7, 11) is -2.92. The minimum absolute atomic E-state index is 0.786. The summed E-state index contributed by atoms with van der Waals surface area (Å²) in [6.07, 6.45) is 1.85. The monoisotopic (exact) mass is 193 g/mol. The van der Waals surface area contributed by atoms with Gasteiger partial charge in [0.2, 0.25) is 0 Å². The lowest BCUT2D eigenvalue weighted by molar-refractivity contribution is 0.250. The van der Waals surface area contributed by atoms with Crippen LogP contribution in [0.5, 0.6) is 0 Å². The molecule has 1 N–H and O–H groups in total. The molecule has 0 saturated carbocycles. The van der Waals surface area contributed by atoms with Crippen LogP contribution in [0.25, 0.3) is 0 Å². The quantitative estimate of drug-likeness (QED) is 0.697. The molecule has 0 aliphatic rings. The summed E-state index contributed by atoms with van der Waals surface area (Å²) in [4.78, 5) is 8.03. The molecule has 0 aromatic carbocycles. The fourth-order valence-corrected chi connectivity index (χ4v) is 0.533. The first-order valence-electron chi connectivity index (χ1n) is 3.87. The molecule has 0 fully saturated rings. The van der Waals surface area contributed by atoms with Gasteiger partial charge in [-0.15, -0.1) is 0 Å². The van der Waals surface area contributed by atoms with Gasteiger partial charge in [-0.3, -0.25) is 9.09 Å². The Hall–Kier alpha value is -0.360. The van der Waals surface area contributed by atoms with Crippen LogP contribution < -0.4 is 0 Å². The molecule has 5 heteroatoms. The van der Waals surface area contributed by atoms with Gasteiger partial charge in [0.25, 0.3) is 0 Å². The number of unbranched alkanes of at least 4 members (excludes halogenated alkanes) is 1. The van der Waals surface area contributed by atoms with Gasteiger partial charge in [0.05, 0.1) is 6.07 Å². The van der Waals surface area contributed by atoms with Gasteiger partial charge in [-0.05, 0) is 6.92 Å². The van der Waals surface area contributed by atoms with Gasteiger partial charge >= 0.3 is 8.25 Å². The first kappa shape index (κ1) is 14.2. The summed E-state index contributed by atoms with van der Waals surface area (Å²) in [5.41, 5.74) is 0. The number of hydrogen-bond acceptors (Lipinski definition) is 3. The van der Waals surface area contributed by atoms with Gasteiger partial charge in [-0.1, -0.05) is 26.7 Å². The van der Waals surface area contributed by atoms with E-state index in [2.05, 4.69) is 18.4 Å². The van der Waals surface area contributed by atoms with Crippen molar-refractivity contribution in [2.24, 2.45) is 0 Å². The summed E-state index contributed by atoms with van der Waals surface area (Å²) in [6.45, 7) is 5.76. The standard InChI is InChI=1S/C4H10.C3H6NO3P/c1-3-4-2;1-3(2-4)7-8(5)6/h3-4H2,1-2H3;3,8H,1H3,(H,5,6). The molecule has 12 heavy (non-hydrogen) atoms. The third kappa shape index (κ3) is 16.3. The van der Waals surface area contributed by atoms with Crippen molar-refractivity contribution in [2.45, 2.75) is 39.7 Å². The Kier molecular flexibility index (Phi) is 12.6. The molecule has 4 nitrogen and oxygen atoms in total. The maximum atomic E-state index is 9.78. The van der Waals surface area contributed by atoms with E-state index in [0.717, 1.165) is 0 Å². The normalized spacial score (nSPS) is 13.6. The maximum absolute atomic E-state index is 9.78. The van der Waals surface area contributed by atoms with E-state index < -0.39 is 14.4 Å². The molecule has 0 aromatic rings. The molecule has 0 aliphatic heterocycles. The van der Waals surface area contributed by atoms with Crippen LogP contribution >= 0.6 is 8.25 Å². The van der Waals surface area contributed by atoms with Crippen molar-refractivity contribution < 1.29 is 14.0 Å². The molecule has 2 unspecified atom stereocenters. The summed E-state index contributed by atoms with van der Waals surface area (Å²) >= 11 is 0. The second-order valence-corrected chi connectivity index (χ2v) is 2.92. The van der Waals surface area contributed by atoms with Crippen LogP contribution in [0.15, 0.2) is 0 Å². The van der Waals surface area contributed by atoms with Crippen LogP contribution in [0.1, 0.15) is 33.6 Å². The smallest absolute Gasteiger partial charge is 0.317 e. The first-order chi connectivity index (χ1) is 5.58. The van der Waals surface area contributed by atoms with Crippen molar-refractivity contribution in [3.05, 3.63) is 0 Å². The van der Waals surface area contributed by atoms with Crippen LogP contribution in [0.2, 0.25) is 0 Å². The van der Waals surface area contributed by atoms with Crippen molar-refractivity contribution in [3.8, 4) is 6.07 Å². The van der Waals surface area contributed by atoms with E-state index in [1.54, 1.807) is 6.07 Å². The molecule has 2 atom stereocenters. The fraction of sp³-hybridized carbons (Fsp3) is 0.857. The molecule has 0 bridgehead atoms. The van der Waals surface area contributed by atoms with Gasteiger partial charge in [0, 0.05) is 0 Å². The maximum Gasteiger partial charge on any atom is 0.317 e. The van der Waals surface area contributed by atoms with E-state index in [-0.39, 0.29) is 0 Å². The van der Waals surface area contributed by atoms with Crippen molar-refractivity contribution in [3.63, 3.8) is 0 Å². The van der Waals surface area contributed by atoms with Crippen LogP contribution in [-0.4, -0.2) is 11.0 Å². The summed E-state index contributed by atoms with van der Waals surface area (Å²) < 4.78 is 13.9. The van der Waals surface area contributed by atoms with E-state index in [1.807, 2.05) is 0 Å². The predicted molar refractivity (Wildman–Crippen MR) is 48.0 cm³/mol. The zero-order chi connectivity index (χ0) is 9.98. The van der Waals surface area contributed by atoms with Crippen molar-refractivity contribution in [1.29, 1.82) is 5.26 Å². The van der Waals surface area contributed by atoms with Crippen LogP contribution in [0.3, 0.4) is 0 Å². The molecule has 72 valence electrons. The SMILES string of the molecule is CC(C#N)O[PH](=O)O.CCCC. The highest BCUT2D eigenvalue weighted by molar-refractivity contribution is 7.32. The first-order valence-corrected chi connectivity index (χ1v) is 5.14. The number of hydrogen-bond donors (Lipinski definition) is 1. The molecule has 0 aliphatic carbocycles. The van der Waals surface area contributed by atoms with Crippen LogP contribution in [0, 0.1) is 11.3 Å². The van der Waals surface area contributed by atoms with E-state index in [1.165, 1.54) is 19.8 Å². The molecular formula is C7H16NO3P. The minimum Gasteiger partial charge on any atom is -0.326 e. The third-order valence-corrected chi connectivity index (χ3v) is 1.51. The Morgan fingerprint density at radius 1 is 1.58 bits per heavy atom. The lowest BCUT2D eigenvalue weighted by Gasteiger charge is -1.96. The Bertz CT molecular complexity index is 153. The van der Waals surface area contributed by atoms with Crippen molar-refractivity contribution in [1.82, 2.24) is 0 Å². The van der Waals surface area contributed by atoms with Gasteiger partial charge < -0.3 is 4.89 Å². The molecule has 0 rings (SSSR count). The third-order valence-electron chi connectivity index (χ3n) is 0.959. The average molecular weight is 193 g/mol. The fourth-order valence-electron chi connectivity index (χ4n) is 0.178. The van der Waals surface area contributed by atoms with Crippen molar-refractivity contribution in [2.75, 3.05) is 0 Å². The van der Waals surface area contributed by atoms with Gasteiger partial charge in [0.1, 0.15) is 0 Å². The summed E-state index contributed by atoms with van der Waals surface area (Å²) in [5, 5.41) is 7.97. The summed E-state index contributed by atoms with van der Waals surface area (Å²) in [6, 6.07) is 1.64. The predicted octanol–water partition coefficient (Wildman–Crippen LogP) is 2.10. The largest absolute Gasteiger partial charge is 0.326 e. The topological polar surface area (TPSA) is 70.3 Å².